The molecule has 0 aromatic carbocycles. The van der Waals surface area contributed by atoms with Crippen molar-refractivity contribution in [1.29, 1.82) is 0 Å². The Labute approximate surface area is 488 Å². The number of carbonyl (C=O) groups excluding carboxylic acids is 2. The molecule has 9 nitrogen and oxygen atoms in total. The van der Waals surface area contributed by atoms with E-state index < -0.39 is 26.6 Å². The molecule has 0 fully saturated rings. The summed E-state index contributed by atoms with van der Waals surface area (Å²) in [5.74, 6) is -0.562. The lowest BCUT2D eigenvalue weighted by molar-refractivity contribution is -0.870. The second-order valence-corrected chi connectivity index (χ2v) is 24.3. The molecule has 3 atom stereocenters. The number of nitrogens with zero attached hydrogens (tertiary/aromatic N) is 1. The number of quaternary nitrogens is 1. The van der Waals surface area contributed by atoms with Crippen LogP contribution >= 0.6 is 7.82 Å². The molecule has 0 aliphatic rings. The zero-order valence-electron chi connectivity index (χ0n) is 52.1. The van der Waals surface area contributed by atoms with E-state index in [1.54, 1.807) is 0 Å². The molecule has 79 heavy (non-hydrogen) atoms. The molecule has 0 aliphatic heterocycles. The first-order chi connectivity index (χ1) is 38.4. The molecule has 0 aromatic rings. The fraction of sp³-hybridized carbons (Fsp3) is 0.739. The quantitative estimate of drug-likeness (QED) is 0.0161. The summed E-state index contributed by atoms with van der Waals surface area (Å²) >= 11 is 0. The lowest BCUT2D eigenvalue weighted by Crippen LogP contribution is -2.47. The number of ether oxygens (including phenoxy) is 1. The number of rotatable bonds is 58. The summed E-state index contributed by atoms with van der Waals surface area (Å²) in [7, 11) is 1.17. The number of hydrogen-bond donors (Lipinski definition) is 1. The predicted molar refractivity (Wildman–Crippen MR) is 339 cm³/mol. The number of carbonyl (C=O) groups is 2. The minimum absolute atomic E-state index is 0.0295. The first-order valence-electron chi connectivity index (χ1n) is 32.6. The maximum absolute atomic E-state index is 13.5. The molecule has 1 amide bonds. The van der Waals surface area contributed by atoms with Gasteiger partial charge in [0.2, 0.25) is 5.91 Å². The summed E-state index contributed by atoms with van der Waals surface area (Å²) < 4.78 is 30.4. The Kier molecular flexibility index (Phi) is 55.9. The van der Waals surface area contributed by atoms with Crippen LogP contribution in [0.2, 0.25) is 0 Å². The zero-order valence-corrected chi connectivity index (χ0v) is 52.9. The van der Waals surface area contributed by atoms with Crippen LogP contribution in [0.3, 0.4) is 0 Å². The van der Waals surface area contributed by atoms with Crippen molar-refractivity contribution < 1.29 is 37.3 Å². The summed E-state index contributed by atoms with van der Waals surface area (Å²) in [5.41, 5.74) is 0. The van der Waals surface area contributed by atoms with Crippen molar-refractivity contribution >= 4 is 19.7 Å². The van der Waals surface area contributed by atoms with E-state index in [2.05, 4.69) is 111 Å². The third-order valence-electron chi connectivity index (χ3n) is 14.0. The first kappa shape index (κ1) is 75.9. The number of likely N-dealkylation sites (N-methyl/N-ethyl adjacent to an activating group) is 1. The van der Waals surface area contributed by atoms with Crippen LogP contribution in [0.4, 0.5) is 0 Å². The molecule has 0 radical (unpaired) electrons. The Balaban J connectivity index is 5.20. The molecule has 456 valence electrons. The molecule has 1 N–H and O–H groups in total. The smallest absolute Gasteiger partial charge is 0.306 e. The maximum atomic E-state index is 13.5. The second kappa shape index (κ2) is 58.1. The Hall–Kier alpha value is -3.07. The van der Waals surface area contributed by atoms with Gasteiger partial charge in [0, 0.05) is 12.8 Å². The van der Waals surface area contributed by atoms with Crippen molar-refractivity contribution in [2.24, 2.45) is 0 Å². The number of phosphoric ester groups is 1. The standard InChI is InChI=1S/C69H123N2O7P/c1-7-10-13-16-19-22-25-28-30-31-32-33-34-35-36-37-38-39-41-44-47-50-53-56-59-62-69(73)78-67(60-57-54-51-48-45-42-27-24-21-18-15-12-9-3)66(65-77-79(74,75)76-64-63-71(4,5)6)70-68(72)61-58-55-52-49-46-43-40-29-26-23-20-17-14-11-8-2/h10,13,19-20,22-23,26,28-30,32-33,35-36,57,60,66-67H,7-9,11-12,14-18,21,24-25,27,31,34,37-56,58-59,61-65H2,1-6H3,(H-,70,72,74,75)/b13-10-,22-19-,23-20+,29-26+,30-28-,33-32-,36-35-,60-57-. The molecule has 0 aliphatic carbocycles. The van der Waals surface area contributed by atoms with Crippen molar-refractivity contribution in [2.45, 2.75) is 290 Å². The molecule has 0 aromatic heterocycles. The van der Waals surface area contributed by atoms with Crippen molar-refractivity contribution in [1.82, 2.24) is 5.32 Å². The van der Waals surface area contributed by atoms with Gasteiger partial charge in [-0.25, -0.2) is 0 Å². The van der Waals surface area contributed by atoms with Crippen molar-refractivity contribution in [3.8, 4) is 0 Å². The minimum Gasteiger partial charge on any atom is -0.756 e. The maximum Gasteiger partial charge on any atom is 0.306 e. The highest BCUT2D eigenvalue weighted by atomic mass is 31.2. The van der Waals surface area contributed by atoms with Crippen LogP contribution in [0.1, 0.15) is 278 Å². The zero-order chi connectivity index (χ0) is 57.9. The van der Waals surface area contributed by atoms with Crippen LogP contribution in [0, 0.1) is 0 Å². The number of unbranched alkanes of at least 4 members (excludes halogenated alkanes) is 29. The Morgan fingerprint density at radius 3 is 1.32 bits per heavy atom. The van der Waals surface area contributed by atoms with E-state index in [0.717, 1.165) is 135 Å². The third-order valence-corrected chi connectivity index (χ3v) is 15.0. The highest BCUT2D eigenvalue weighted by Crippen LogP contribution is 2.38. The monoisotopic (exact) mass is 1120 g/mol. The van der Waals surface area contributed by atoms with E-state index in [1.165, 1.54) is 109 Å². The largest absolute Gasteiger partial charge is 0.756 e. The van der Waals surface area contributed by atoms with Crippen LogP contribution in [-0.2, 0) is 27.9 Å². The van der Waals surface area contributed by atoms with Crippen LogP contribution in [0.5, 0.6) is 0 Å². The van der Waals surface area contributed by atoms with E-state index in [1.807, 2.05) is 33.3 Å². The Morgan fingerprint density at radius 1 is 0.468 bits per heavy atom. The van der Waals surface area contributed by atoms with E-state index in [4.69, 9.17) is 13.8 Å². The summed E-state index contributed by atoms with van der Waals surface area (Å²) in [6.07, 6.45) is 78.0. The topological polar surface area (TPSA) is 114 Å². The van der Waals surface area contributed by atoms with E-state index >= 15 is 0 Å². The van der Waals surface area contributed by atoms with Crippen molar-refractivity contribution in [3.05, 3.63) is 97.2 Å². The fourth-order valence-electron chi connectivity index (χ4n) is 9.01. The van der Waals surface area contributed by atoms with E-state index in [9.17, 15) is 19.0 Å². The van der Waals surface area contributed by atoms with Gasteiger partial charge in [0.15, 0.2) is 0 Å². The molecule has 0 saturated heterocycles. The second-order valence-electron chi connectivity index (χ2n) is 22.9. The van der Waals surface area contributed by atoms with Gasteiger partial charge in [-0.2, -0.15) is 0 Å². The molecule has 0 spiro atoms. The van der Waals surface area contributed by atoms with Gasteiger partial charge in [-0.05, 0) is 102 Å². The van der Waals surface area contributed by atoms with Gasteiger partial charge in [-0.15, -0.1) is 0 Å². The van der Waals surface area contributed by atoms with Crippen LogP contribution in [0.25, 0.3) is 0 Å². The van der Waals surface area contributed by atoms with E-state index in [0.29, 0.717) is 17.4 Å². The minimum atomic E-state index is -4.71. The molecule has 10 heteroatoms. The molecule has 0 saturated carbocycles. The SMILES string of the molecule is CC/C=C\C/C=C\C/C=C\C/C=C\C/C=C\CCCCCCCCCCCC(=O)OC(/C=C\CCCCCCCCCCCCC)C(COP(=O)([O-])OCC[N+](C)(C)C)NC(=O)CCCCCCCC/C=C/C=C/CCCCC. The summed E-state index contributed by atoms with van der Waals surface area (Å²) in [6.45, 7) is 6.69. The predicted octanol–water partition coefficient (Wildman–Crippen LogP) is 19.7. The normalized spacial score (nSPS) is 14.3. The molecule has 0 bridgehead atoms. The van der Waals surface area contributed by atoms with Crippen molar-refractivity contribution in [2.75, 3.05) is 40.9 Å². The molecule has 0 heterocycles. The average Bonchev–Trinajstić information content (AvgIpc) is 3.41. The fourth-order valence-corrected chi connectivity index (χ4v) is 9.73. The van der Waals surface area contributed by atoms with E-state index in [-0.39, 0.29) is 24.9 Å². The number of esters is 1. The van der Waals surface area contributed by atoms with Crippen LogP contribution in [-0.4, -0.2) is 69.4 Å². The van der Waals surface area contributed by atoms with Crippen molar-refractivity contribution in [3.63, 3.8) is 0 Å². The van der Waals surface area contributed by atoms with Gasteiger partial charge < -0.3 is 28.5 Å². The van der Waals surface area contributed by atoms with Gasteiger partial charge in [-0.1, -0.05) is 260 Å². The van der Waals surface area contributed by atoms with Crippen LogP contribution < -0.4 is 10.2 Å². The van der Waals surface area contributed by atoms with Gasteiger partial charge in [0.1, 0.15) is 19.3 Å². The molecular formula is C69H123N2O7P. The number of allylic oxidation sites excluding steroid dienone is 15. The van der Waals surface area contributed by atoms with Crippen LogP contribution in [0.15, 0.2) is 97.2 Å². The number of phosphoric acid groups is 1. The third kappa shape index (κ3) is 59.4. The number of nitrogens with one attached hydrogen (secondary N) is 1. The average molecular weight is 1120 g/mol. The number of hydrogen-bond acceptors (Lipinski definition) is 7. The van der Waals surface area contributed by atoms with Gasteiger partial charge in [-0.3, -0.25) is 14.2 Å². The Morgan fingerprint density at radius 2 is 0.848 bits per heavy atom. The highest BCUT2D eigenvalue weighted by Gasteiger charge is 2.27. The van der Waals surface area contributed by atoms with Gasteiger partial charge in [0.25, 0.3) is 7.82 Å². The first-order valence-corrected chi connectivity index (χ1v) is 34.0. The molecular weight excluding hydrogens is 1000 g/mol. The molecule has 3 unspecified atom stereocenters. The summed E-state index contributed by atoms with van der Waals surface area (Å²) in [6, 6.07) is -0.902. The lowest BCUT2D eigenvalue weighted by atomic mass is 10.0. The number of amides is 1. The lowest BCUT2D eigenvalue weighted by Gasteiger charge is -2.30. The highest BCUT2D eigenvalue weighted by molar-refractivity contribution is 7.45. The summed E-state index contributed by atoms with van der Waals surface area (Å²) in [4.78, 5) is 40.1. The molecule has 0 rings (SSSR count). The Bertz CT molecular complexity index is 1670. The summed E-state index contributed by atoms with van der Waals surface area (Å²) in [5, 5.41) is 3.02. The van der Waals surface area contributed by atoms with Gasteiger partial charge in [0.05, 0.1) is 33.8 Å². The van der Waals surface area contributed by atoms with Gasteiger partial charge >= 0.3 is 5.97 Å².